The lowest BCUT2D eigenvalue weighted by Gasteiger charge is -2.57. The van der Waals surface area contributed by atoms with Gasteiger partial charge in [-0.1, -0.05) is 18.2 Å². The quantitative estimate of drug-likeness (QED) is 0.428. The predicted octanol–water partition coefficient (Wildman–Crippen LogP) is 5.65. The van der Waals surface area contributed by atoms with Gasteiger partial charge < -0.3 is 19.1 Å². The fourth-order valence-electron chi connectivity index (χ4n) is 8.60. The number of carbonyl (C=O) groups is 2. The van der Waals surface area contributed by atoms with Crippen molar-refractivity contribution in [3.63, 3.8) is 0 Å². The van der Waals surface area contributed by atoms with Crippen LogP contribution in [-0.2, 0) is 11.3 Å². The van der Waals surface area contributed by atoms with Crippen molar-refractivity contribution in [2.45, 2.75) is 58.0 Å². The third kappa shape index (κ3) is 3.88. The van der Waals surface area contributed by atoms with Crippen LogP contribution in [0.5, 0.6) is 5.75 Å². The summed E-state index contributed by atoms with van der Waals surface area (Å²) in [4.78, 5) is 33.2. The summed E-state index contributed by atoms with van der Waals surface area (Å²) in [6.07, 6.45) is 7.31. The Morgan fingerprint density at radius 3 is 2.42 bits per heavy atom. The fourth-order valence-corrected chi connectivity index (χ4v) is 9.49. The summed E-state index contributed by atoms with van der Waals surface area (Å²) < 4.78 is 7.73. The molecule has 8 rings (SSSR count). The Morgan fingerprint density at radius 2 is 1.74 bits per heavy atom. The maximum absolute atomic E-state index is 14.0. The molecule has 38 heavy (non-hydrogen) atoms. The molecule has 3 aromatic rings. The van der Waals surface area contributed by atoms with Crippen LogP contribution in [0.3, 0.4) is 0 Å². The highest BCUT2D eigenvalue weighted by atomic mass is 32.1. The second-order valence-electron chi connectivity index (χ2n) is 12.4. The van der Waals surface area contributed by atoms with E-state index in [9.17, 15) is 9.59 Å². The van der Waals surface area contributed by atoms with E-state index in [1.54, 1.807) is 18.4 Å². The van der Waals surface area contributed by atoms with Crippen molar-refractivity contribution >= 4 is 33.4 Å². The Hall–Kier alpha value is -2.80. The lowest BCUT2D eigenvalue weighted by atomic mass is 9.49. The summed E-state index contributed by atoms with van der Waals surface area (Å²) >= 11 is 1.66. The molecule has 2 aromatic heterocycles. The third-order valence-electron chi connectivity index (χ3n) is 9.91. The van der Waals surface area contributed by atoms with Crippen molar-refractivity contribution in [2.24, 2.45) is 23.2 Å². The van der Waals surface area contributed by atoms with Crippen LogP contribution < -0.4 is 4.74 Å². The van der Waals surface area contributed by atoms with Gasteiger partial charge in [0.05, 0.1) is 19.1 Å². The fraction of sp³-hybridized carbons (Fsp3) is 0.548. The summed E-state index contributed by atoms with van der Waals surface area (Å²) in [5.41, 5.74) is 1.64. The molecule has 4 saturated carbocycles. The highest BCUT2D eigenvalue weighted by Crippen LogP contribution is 2.60. The van der Waals surface area contributed by atoms with Gasteiger partial charge in [0.1, 0.15) is 16.3 Å². The Balaban J connectivity index is 1.11. The number of piperazine rings is 1. The molecule has 4 bridgehead atoms. The average molecular weight is 532 g/mol. The lowest BCUT2D eigenvalue weighted by Crippen LogP contribution is -2.61. The first-order valence-corrected chi connectivity index (χ1v) is 15.1. The number of aromatic nitrogens is 1. The number of carbonyl (C=O) groups excluding carboxylic acids is 2. The Kier molecular flexibility index (Phi) is 5.84. The molecule has 1 atom stereocenters. The predicted molar refractivity (Wildman–Crippen MR) is 150 cm³/mol. The van der Waals surface area contributed by atoms with Crippen LogP contribution in [0.1, 0.15) is 61.5 Å². The first-order chi connectivity index (χ1) is 18.4. The molecule has 1 saturated heterocycles. The van der Waals surface area contributed by atoms with Gasteiger partial charge in [0.25, 0.3) is 5.91 Å². The van der Waals surface area contributed by atoms with E-state index in [1.165, 1.54) is 19.3 Å². The molecular weight excluding hydrogens is 494 g/mol. The number of thiophene rings is 1. The van der Waals surface area contributed by atoms with Crippen LogP contribution in [0, 0.1) is 23.2 Å². The van der Waals surface area contributed by atoms with E-state index in [0.717, 1.165) is 58.5 Å². The average Bonchev–Trinajstić information content (AvgIpc) is 3.50. The topological polar surface area (TPSA) is 54.8 Å². The highest BCUT2D eigenvalue weighted by molar-refractivity contribution is 7.16. The summed E-state index contributed by atoms with van der Waals surface area (Å²) in [5, 5.41) is 3.17. The molecule has 7 heteroatoms. The maximum Gasteiger partial charge on any atom is 0.270 e. The van der Waals surface area contributed by atoms with Gasteiger partial charge in [0.15, 0.2) is 0 Å². The number of methoxy groups -OCH3 is 1. The number of benzene rings is 1. The van der Waals surface area contributed by atoms with Crippen LogP contribution in [-0.4, -0.2) is 59.0 Å². The smallest absolute Gasteiger partial charge is 0.270 e. The van der Waals surface area contributed by atoms with Crippen LogP contribution in [0.25, 0.3) is 10.2 Å². The lowest BCUT2D eigenvalue weighted by molar-refractivity contribution is -0.161. The maximum atomic E-state index is 14.0. The molecule has 6 nitrogen and oxygen atoms in total. The molecule has 4 aliphatic carbocycles. The van der Waals surface area contributed by atoms with Gasteiger partial charge in [-0.05, 0) is 86.8 Å². The SMILES string of the molecule is COc1ccccc1Cn1c(C(=O)N2CCN(C(=O)C34CC5CC(CC(C5)C3)C4)C(C)C2)cc2ccsc21. The molecule has 1 unspecified atom stereocenters. The van der Waals surface area contributed by atoms with Crippen molar-refractivity contribution in [1.29, 1.82) is 0 Å². The van der Waals surface area contributed by atoms with E-state index in [0.29, 0.717) is 37.8 Å². The monoisotopic (exact) mass is 531 g/mol. The minimum atomic E-state index is -0.122. The van der Waals surface area contributed by atoms with Gasteiger partial charge in [-0.25, -0.2) is 0 Å². The zero-order valence-electron chi connectivity index (χ0n) is 22.4. The molecule has 3 heterocycles. The number of hydrogen-bond acceptors (Lipinski definition) is 4. The summed E-state index contributed by atoms with van der Waals surface area (Å²) in [6.45, 7) is 4.52. The summed E-state index contributed by atoms with van der Waals surface area (Å²) in [7, 11) is 1.69. The van der Waals surface area contributed by atoms with Gasteiger partial charge in [0, 0.05) is 36.6 Å². The van der Waals surface area contributed by atoms with Gasteiger partial charge in [-0.2, -0.15) is 0 Å². The molecular formula is C31H37N3O3S. The Bertz CT molecular complexity index is 1350. The number of rotatable bonds is 5. The van der Waals surface area contributed by atoms with Crippen LogP contribution in [0.15, 0.2) is 41.8 Å². The largest absolute Gasteiger partial charge is 0.496 e. The van der Waals surface area contributed by atoms with Crippen molar-refractivity contribution < 1.29 is 14.3 Å². The second-order valence-corrected chi connectivity index (χ2v) is 13.3. The molecule has 0 radical (unpaired) electrons. The zero-order chi connectivity index (χ0) is 26.0. The summed E-state index contributed by atoms with van der Waals surface area (Å²) in [5.74, 6) is 3.54. The second kappa shape index (κ2) is 9.15. The number of hydrogen-bond donors (Lipinski definition) is 0. The summed E-state index contributed by atoms with van der Waals surface area (Å²) in [6, 6.07) is 12.2. The normalized spacial score (nSPS) is 30.3. The van der Waals surface area contributed by atoms with Crippen molar-refractivity contribution in [3.8, 4) is 5.75 Å². The van der Waals surface area contributed by atoms with Gasteiger partial charge in [0.2, 0.25) is 5.91 Å². The van der Waals surface area contributed by atoms with E-state index in [2.05, 4.69) is 33.9 Å². The molecule has 5 aliphatic rings. The number of nitrogens with zero attached hydrogens (tertiary/aromatic N) is 3. The standard InChI is InChI=1S/C31H37N3O3S/c1-20-18-32(8-9-33(20)30(36)31-15-21-11-22(16-31)13-23(12-21)17-31)28(35)26-14-24-7-10-38-29(24)34(26)19-25-5-3-4-6-27(25)37-2/h3-7,10,14,20-23H,8-9,11-13,15-19H2,1-2H3. The van der Waals surface area contributed by atoms with Crippen molar-refractivity contribution in [1.82, 2.24) is 14.4 Å². The number of para-hydroxylation sites is 1. The molecule has 5 fully saturated rings. The first-order valence-electron chi connectivity index (χ1n) is 14.2. The van der Waals surface area contributed by atoms with E-state index < -0.39 is 0 Å². The van der Waals surface area contributed by atoms with Crippen LogP contribution >= 0.6 is 11.3 Å². The van der Waals surface area contributed by atoms with Crippen LogP contribution in [0.4, 0.5) is 0 Å². The third-order valence-corrected chi connectivity index (χ3v) is 10.9. The van der Waals surface area contributed by atoms with Gasteiger partial charge in [-0.3, -0.25) is 9.59 Å². The van der Waals surface area contributed by atoms with Gasteiger partial charge >= 0.3 is 0 Å². The molecule has 0 spiro atoms. The molecule has 2 amide bonds. The molecule has 200 valence electrons. The van der Waals surface area contributed by atoms with E-state index in [4.69, 9.17) is 4.74 Å². The Morgan fingerprint density at radius 1 is 1.03 bits per heavy atom. The Labute approximate surface area is 228 Å². The first kappa shape index (κ1) is 24.3. The van der Waals surface area contributed by atoms with Crippen LogP contribution in [0.2, 0.25) is 0 Å². The van der Waals surface area contributed by atoms with Gasteiger partial charge in [-0.15, -0.1) is 11.3 Å². The zero-order valence-corrected chi connectivity index (χ0v) is 23.2. The highest BCUT2D eigenvalue weighted by Gasteiger charge is 2.56. The van der Waals surface area contributed by atoms with Crippen molar-refractivity contribution in [2.75, 3.05) is 26.7 Å². The minimum absolute atomic E-state index is 0.0342. The van der Waals surface area contributed by atoms with E-state index in [-0.39, 0.29) is 17.4 Å². The van der Waals surface area contributed by atoms with Crippen molar-refractivity contribution in [3.05, 3.63) is 53.0 Å². The number of amides is 2. The molecule has 1 aliphatic heterocycles. The van der Waals surface area contributed by atoms with E-state index >= 15 is 0 Å². The number of ether oxygens (including phenoxy) is 1. The van der Waals surface area contributed by atoms with E-state index in [1.807, 2.05) is 29.2 Å². The number of fused-ring (bicyclic) bond motifs is 1. The molecule has 0 N–H and O–H groups in total. The minimum Gasteiger partial charge on any atom is -0.496 e. The molecule has 1 aromatic carbocycles.